The van der Waals surface area contributed by atoms with Gasteiger partial charge in [0.1, 0.15) is 0 Å². The Bertz CT molecular complexity index is 71.6. The van der Waals surface area contributed by atoms with Gasteiger partial charge in [0.15, 0.2) is 0 Å². The first-order valence-corrected chi connectivity index (χ1v) is 2.20. The smallest absolute Gasteiger partial charge is 1.00 e. The van der Waals surface area contributed by atoms with Gasteiger partial charge in [0.25, 0.3) is 0 Å². The van der Waals surface area contributed by atoms with Crippen molar-refractivity contribution < 1.29 is 40.9 Å². The molecule has 0 aliphatic rings. The largest absolute Gasteiger partial charge is 1.00 e. The Labute approximate surface area is 72.2 Å². The van der Waals surface area contributed by atoms with E-state index >= 15 is 0 Å². The van der Waals surface area contributed by atoms with Gasteiger partial charge in [-0.1, -0.05) is 6.92 Å². The fourth-order valence-corrected chi connectivity index (χ4v) is 0.232. The summed E-state index contributed by atoms with van der Waals surface area (Å²) in [4.78, 5) is 9.70. The van der Waals surface area contributed by atoms with Gasteiger partial charge in [-0.05, 0) is 6.54 Å². The Hall–Kier alpha value is 0.430. The molecule has 0 heterocycles. The number of likely N-dealkylation sites (N-methyl/N-ethyl adjacent to an activating group) is 1. The molecule has 0 aliphatic carbocycles. The summed E-state index contributed by atoms with van der Waals surface area (Å²) in [6.07, 6.45) is 0. The van der Waals surface area contributed by atoms with E-state index in [9.17, 15) is 4.79 Å². The SMILES string of the molecule is CCNCC(=O)O.[H-].[Na+]. The van der Waals surface area contributed by atoms with Crippen molar-refractivity contribution in [2.75, 3.05) is 13.1 Å². The number of nitrogens with one attached hydrogen (secondary N) is 1. The quantitative estimate of drug-likeness (QED) is 0.392. The van der Waals surface area contributed by atoms with Crippen LogP contribution in [0.5, 0.6) is 0 Å². The average Bonchev–Trinajstić information content (AvgIpc) is 1.61. The predicted molar refractivity (Wildman–Crippen MR) is 27.3 cm³/mol. The second-order valence-electron chi connectivity index (χ2n) is 1.17. The molecule has 0 saturated heterocycles. The van der Waals surface area contributed by atoms with E-state index in [2.05, 4.69) is 5.32 Å². The predicted octanol–water partition coefficient (Wildman–Crippen LogP) is -3.20. The Balaban J connectivity index is -0.000000180. The molecule has 0 bridgehead atoms. The summed E-state index contributed by atoms with van der Waals surface area (Å²) in [5.41, 5.74) is 0. The molecule has 4 heteroatoms. The molecular weight excluding hydrogens is 117 g/mol. The van der Waals surface area contributed by atoms with Gasteiger partial charge in [-0.3, -0.25) is 4.79 Å². The van der Waals surface area contributed by atoms with E-state index in [4.69, 9.17) is 5.11 Å². The third-order valence-electron chi connectivity index (χ3n) is 0.526. The molecule has 44 valence electrons. The number of rotatable bonds is 3. The van der Waals surface area contributed by atoms with Crippen molar-refractivity contribution >= 4 is 5.97 Å². The monoisotopic (exact) mass is 127 g/mol. The Kier molecular flexibility index (Phi) is 10.5. The minimum Gasteiger partial charge on any atom is -1.00 e. The van der Waals surface area contributed by atoms with Gasteiger partial charge in [0.05, 0.1) is 6.54 Å². The van der Waals surface area contributed by atoms with Crippen molar-refractivity contribution in [3.05, 3.63) is 0 Å². The van der Waals surface area contributed by atoms with Crippen LogP contribution in [0, 0.1) is 0 Å². The van der Waals surface area contributed by atoms with Crippen LogP contribution in [0.25, 0.3) is 0 Å². The summed E-state index contributed by atoms with van der Waals surface area (Å²) in [6.45, 7) is 2.64. The molecule has 0 aliphatic heterocycles. The van der Waals surface area contributed by atoms with Gasteiger partial charge < -0.3 is 11.8 Å². The molecule has 0 atom stereocenters. The fraction of sp³-hybridized carbons (Fsp3) is 0.750. The maximum Gasteiger partial charge on any atom is 1.00 e. The number of carbonyl (C=O) groups is 1. The van der Waals surface area contributed by atoms with Crippen molar-refractivity contribution in [1.82, 2.24) is 5.32 Å². The van der Waals surface area contributed by atoms with E-state index < -0.39 is 5.97 Å². The second-order valence-corrected chi connectivity index (χ2v) is 1.17. The standard InChI is InChI=1S/C4H9NO2.Na.H/c1-2-5-3-4(6)7;;/h5H,2-3H2,1H3,(H,6,7);;/q;+1;-1. The third-order valence-corrected chi connectivity index (χ3v) is 0.526. The zero-order valence-corrected chi connectivity index (χ0v) is 7.27. The molecule has 0 radical (unpaired) electrons. The second kappa shape index (κ2) is 7.43. The van der Waals surface area contributed by atoms with Gasteiger partial charge in [0.2, 0.25) is 0 Å². The molecular formula is C4H10NNaO2. The molecule has 0 aromatic carbocycles. The number of carboxylic acid groups (broad SMARTS) is 1. The van der Waals surface area contributed by atoms with Crippen molar-refractivity contribution in [3.63, 3.8) is 0 Å². The van der Waals surface area contributed by atoms with E-state index in [-0.39, 0.29) is 37.5 Å². The molecule has 0 rings (SSSR count). The van der Waals surface area contributed by atoms with E-state index in [0.717, 1.165) is 0 Å². The first-order valence-electron chi connectivity index (χ1n) is 2.20. The van der Waals surface area contributed by atoms with Gasteiger partial charge in [-0.2, -0.15) is 0 Å². The van der Waals surface area contributed by atoms with Crippen LogP contribution in [-0.2, 0) is 4.79 Å². The summed E-state index contributed by atoms with van der Waals surface area (Å²) >= 11 is 0. The molecule has 8 heavy (non-hydrogen) atoms. The number of carboxylic acids is 1. The van der Waals surface area contributed by atoms with Crippen molar-refractivity contribution in [3.8, 4) is 0 Å². The van der Waals surface area contributed by atoms with Crippen LogP contribution in [-0.4, -0.2) is 24.2 Å². The maximum absolute atomic E-state index is 9.70. The molecule has 0 saturated carbocycles. The van der Waals surface area contributed by atoms with Crippen LogP contribution in [0.2, 0.25) is 0 Å². The van der Waals surface area contributed by atoms with Crippen LogP contribution in [0.1, 0.15) is 8.35 Å². The van der Waals surface area contributed by atoms with Gasteiger partial charge in [-0.25, -0.2) is 0 Å². The molecule has 0 spiro atoms. The van der Waals surface area contributed by atoms with Crippen LogP contribution in [0.3, 0.4) is 0 Å². The molecule has 0 amide bonds. The van der Waals surface area contributed by atoms with Gasteiger partial charge in [-0.15, -0.1) is 0 Å². The number of hydrogen-bond donors (Lipinski definition) is 2. The van der Waals surface area contributed by atoms with Crippen LogP contribution >= 0.6 is 0 Å². The van der Waals surface area contributed by atoms with E-state index in [1.807, 2.05) is 6.92 Å². The van der Waals surface area contributed by atoms with Crippen molar-refractivity contribution in [2.45, 2.75) is 6.92 Å². The molecule has 2 N–H and O–H groups in total. The Morgan fingerprint density at radius 2 is 2.38 bits per heavy atom. The zero-order chi connectivity index (χ0) is 5.70. The normalized spacial score (nSPS) is 7.62. The number of aliphatic carboxylic acids is 1. The van der Waals surface area contributed by atoms with E-state index in [0.29, 0.717) is 6.54 Å². The summed E-state index contributed by atoms with van der Waals surface area (Å²) in [5.74, 6) is -0.804. The Morgan fingerprint density at radius 1 is 1.88 bits per heavy atom. The van der Waals surface area contributed by atoms with Gasteiger partial charge in [0, 0.05) is 0 Å². The summed E-state index contributed by atoms with van der Waals surface area (Å²) in [7, 11) is 0. The summed E-state index contributed by atoms with van der Waals surface area (Å²) in [6, 6.07) is 0. The molecule has 3 nitrogen and oxygen atoms in total. The first-order chi connectivity index (χ1) is 3.27. The van der Waals surface area contributed by atoms with Gasteiger partial charge >= 0.3 is 35.5 Å². The minimum absolute atomic E-state index is 0. The van der Waals surface area contributed by atoms with E-state index in [1.165, 1.54) is 0 Å². The zero-order valence-electron chi connectivity index (χ0n) is 6.27. The van der Waals surface area contributed by atoms with E-state index in [1.54, 1.807) is 0 Å². The fourth-order valence-electron chi connectivity index (χ4n) is 0.232. The first kappa shape index (κ1) is 11.3. The Morgan fingerprint density at radius 3 is 2.50 bits per heavy atom. The van der Waals surface area contributed by atoms with Crippen molar-refractivity contribution in [2.24, 2.45) is 0 Å². The molecule has 0 aromatic heterocycles. The molecule has 0 fully saturated rings. The van der Waals surface area contributed by atoms with Crippen LogP contribution in [0.4, 0.5) is 0 Å². The summed E-state index contributed by atoms with van der Waals surface area (Å²) < 4.78 is 0. The minimum atomic E-state index is -0.804. The third kappa shape index (κ3) is 9.66. The maximum atomic E-state index is 9.70. The average molecular weight is 127 g/mol. The number of hydrogen-bond acceptors (Lipinski definition) is 2. The topological polar surface area (TPSA) is 49.3 Å². The molecule has 0 aromatic rings. The molecule has 0 unspecified atom stereocenters. The van der Waals surface area contributed by atoms with Crippen molar-refractivity contribution in [1.29, 1.82) is 0 Å². The van der Waals surface area contributed by atoms with Crippen LogP contribution in [0.15, 0.2) is 0 Å². The summed E-state index contributed by atoms with van der Waals surface area (Å²) in [5, 5.41) is 10.6. The van der Waals surface area contributed by atoms with Crippen LogP contribution < -0.4 is 34.9 Å².